The minimum atomic E-state index is -0.198. The Labute approximate surface area is 110 Å². The number of nitrogens with zero attached hydrogens (tertiary/aromatic N) is 1. The molecule has 3 fully saturated rings. The van der Waals surface area contributed by atoms with Gasteiger partial charge in [0.2, 0.25) is 5.91 Å². The van der Waals surface area contributed by atoms with Crippen LogP contribution in [0.15, 0.2) is 0 Å². The molecule has 3 nitrogen and oxygen atoms in total. The maximum absolute atomic E-state index is 12.8. The standard InChI is InChI=1S/C15H26N2O/c16-11-15(7-2-1-3-8-15)14(18)17-9-12-5-4-6-13(12)10-17/h12-13H,1-11,16H2. The highest BCUT2D eigenvalue weighted by atomic mass is 16.2. The predicted octanol–water partition coefficient (Wildman–Crippen LogP) is 2.15. The second-order valence-electron chi connectivity index (χ2n) is 6.71. The lowest BCUT2D eigenvalue weighted by Gasteiger charge is -2.38. The van der Waals surface area contributed by atoms with Gasteiger partial charge in [-0.2, -0.15) is 0 Å². The van der Waals surface area contributed by atoms with Gasteiger partial charge in [-0.25, -0.2) is 0 Å². The molecule has 1 heterocycles. The van der Waals surface area contributed by atoms with Crippen LogP contribution >= 0.6 is 0 Å². The first-order valence-corrected chi connectivity index (χ1v) is 7.75. The number of rotatable bonds is 2. The van der Waals surface area contributed by atoms with E-state index >= 15 is 0 Å². The van der Waals surface area contributed by atoms with E-state index in [1.165, 1.54) is 38.5 Å². The molecule has 3 aliphatic rings. The summed E-state index contributed by atoms with van der Waals surface area (Å²) in [6, 6.07) is 0. The molecule has 1 saturated heterocycles. The van der Waals surface area contributed by atoms with Crippen LogP contribution in [-0.2, 0) is 4.79 Å². The van der Waals surface area contributed by atoms with E-state index in [0.717, 1.165) is 37.8 Å². The zero-order valence-electron chi connectivity index (χ0n) is 11.4. The second-order valence-corrected chi connectivity index (χ2v) is 6.71. The third-order valence-electron chi connectivity index (χ3n) is 5.67. The van der Waals surface area contributed by atoms with Crippen LogP contribution in [0.2, 0.25) is 0 Å². The van der Waals surface area contributed by atoms with Gasteiger partial charge in [-0.3, -0.25) is 4.79 Å². The maximum Gasteiger partial charge on any atom is 0.230 e. The molecule has 0 radical (unpaired) electrons. The maximum atomic E-state index is 12.8. The molecule has 102 valence electrons. The normalized spacial score (nSPS) is 34.6. The van der Waals surface area contributed by atoms with Crippen LogP contribution in [0.4, 0.5) is 0 Å². The summed E-state index contributed by atoms with van der Waals surface area (Å²) in [6.45, 7) is 2.59. The fourth-order valence-electron chi connectivity index (χ4n) is 4.47. The van der Waals surface area contributed by atoms with Gasteiger partial charge in [0.15, 0.2) is 0 Å². The molecule has 18 heavy (non-hydrogen) atoms. The van der Waals surface area contributed by atoms with Crippen molar-refractivity contribution in [2.24, 2.45) is 23.0 Å². The first-order valence-electron chi connectivity index (χ1n) is 7.75. The molecular weight excluding hydrogens is 224 g/mol. The Bertz CT molecular complexity index is 310. The highest BCUT2D eigenvalue weighted by Gasteiger charge is 2.45. The van der Waals surface area contributed by atoms with E-state index < -0.39 is 0 Å². The third-order valence-corrected chi connectivity index (χ3v) is 5.67. The fraction of sp³-hybridized carbons (Fsp3) is 0.933. The third kappa shape index (κ3) is 1.97. The average Bonchev–Trinajstić information content (AvgIpc) is 2.99. The second kappa shape index (κ2) is 4.84. The largest absolute Gasteiger partial charge is 0.342 e. The van der Waals surface area contributed by atoms with Gasteiger partial charge >= 0.3 is 0 Å². The molecule has 2 unspecified atom stereocenters. The monoisotopic (exact) mass is 250 g/mol. The fourth-order valence-corrected chi connectivity index (χ4v) is 4.47. The summed E-state index contributed by atoms with van der Waals surface area (Å²) >= 11 is 0. The molecule has 0 spiro atoms. The van der Waals surface area contributed by atoms with Gasteiger partial charge in [0.1, 0.15) is 0 Å². The van der Waals surface area contributed by atoms with Crippen molar-refractivity contribution < 1.29 is 4.79 Å². The smallest absolute Gasteiger partial charge is 0.230 e. The topological polar surface area (TPSA) is 46.3 Å². The molecule has 2 saturated carbocycles. The van der Waals surface area contributed by atoms with Crippen molar-refractivity contribution in [2.75, 3.05) is 19.6 Å². The lowest BCUT2D eigenvalue weighted by molar-refractivity contribution is -0.142. The van der Waals surface area contributed by atoms with E-state index in [1.807, 2.05) is 0 Å². The van der Waals surface area contributed by atoms with E-state index in [-0.39, 0.29) is 5.41 Å². The number of hydrogen-bond donors (Lipinski definition) is 1. The van der Waals surface area contributed by atoms with Crippen molar-refractivity contribution in [3.63, 3.8) is 0 Å². The van der Waals surface area contributed by atoms with E-state index in [0.29, 0.717) is 12.5 Å². The summed E-state index contributed by atoms with van der Waals surface area (Å²) in [4.78, 5) is 15.0. The van der Waals surface area contributed by atoms with Gasteiger partial charge in [-0.05, 0) is 37.5 Å². The minimum Gasteiger partial charge on any atom is -0.342 e. The summed E-state index contributed by atoms with van der Waals surface area (Å²) in [6.07, 6.45) is 9.74. The highest BCUT2D eigenvalue weighted by Crippen LogP contribution is 2.42. The Balaban J connectivity index is 1.69. The summed E-state index contributed by atoms with van der Waals surface area (Å²) in [5.41, 5.74) is 5.78. The molecule has 0 bridgehead atoms. The molecule has 1 aliphatic heterocycles. The zero-order chi connectivity index (χ0) is 12.6. The molecule has 2 aliphatic carbocycles. The van der Waals surface area contributed by atoms with Gasteiger partial charge < -0.3 is 10.6 Å². The van der Waals surface area contributed by atoms with Crippen LogP contribution in [0.3, 0.4) is 0 Å². The van der Waals surface area contributed by atoms with E-state index in [2.05, 4.69) is 4.90 Å². The summed E-state index contributed by atoms with van der Waals surface area (Å²) in [7, 11) is 0. The number of carbonyl (C=O) groups is 1. The van der Waals surface area contributed by atoms with E-state index in [1.54, 1.807) is 0 Å². The van der Waals surface area contributed by atoms with Crippen LogP contribution in [-0.4, -0.2) is 30.4 Å². The molecule has 0 aromatic heterocycles. The number of fused-ring (bicyclic) bond motifs is 1. The number of amides is 1. The Hall–Kier alpha value is -0.570. The Morgan fingerprint density at radius 1 is 1.06 bits per heavy atom. The van der Waals surface area contributed by atoms with Crippen molar-refractivity contribution >= 4 is 5.91 Å². The van der Waals surface area contributed by atoms with Crippen molar-refractivity contribution in [1.29, 1.82) is 0 Å². The average molecular weight is 250 g/mol. The van der Waals surface area contributed by atoms with Crippen molar-refractivity contribution in [3.8, 4) is 0 Å². The van der Waals surface area contributed by atoms with Gasteiger partial charge in [0.05, 0.1) is 5.41 Å². The zero-order valence-corrected chi connectivity index (χ0v) is 11.4. The van der Waals surface area contributed by atoms with Crippen LogP contribution in [0.1, 0.15) is 51.4 Å². The van der Waals surface area contributed by atoms with Crippen molar-refractivity contribution in [1.82, 2.24) is 4.90 Å². The number of hydrogen-bond acceptors (Lipinski definition) is 2. The summed E-state index contributed by atoms with van der Waals surface area (Å²) < 4.78 is 0. The van der Waals surface area contributed by atoms with Crippen molar-refractivity contribution in [3.05, 3.63) is 0 Å². The van der Waals surface area contributed by atoms with Gasteiger partial charge in [0, 0.05) is 19.6 Å². The highest BCUT2D eigenvalue weighted by molar-refractivity contribution is 5.83. The molecule has 2 N–H and O–H groups in total. The number of likely N-dealkylation sites (tertiary alicyclic amines) is 1. The van der Waals surface area contributed by atoms with Crippen molar-refractivity contribution in [2.45, 2.75) is 51.4 Å². The van der Waals surface area contributed by atoms with Crippen LogP contribution in [0, 0.1) is 17.3 Å². The summed E-state index contributed by atoms with van der Waals surface area (Å²) in [5, 5.41) is 0. The molecule has 0 aromatic carbocycles. The molecular formula is C15H26N2O. The SMILES string of the molecule is NCC1(C(=O)N2CC3CCCC3C2)CCCCC1. The Kier molecular flexibility index (Phi) is 3.35. The lowest BCUT2D eigenvalue weighted by Crippen LogP contribution is -2.48. The molecule has 3 heteroatoms. The molecule has 2 atom stereocenters. The van der Waals surface area contributed by atoms with E-state index in [4.69, 9.17) is 5.73 Å². The quantitative estimate of drug-likeness (QED) is 0.816. The van der Waals surface area contributed by atoms with E-state index in [9.17, 15) is 4.79 Å². The Morgan fingerprint density at radius 3 is 2.22 bits per heavy atom. The number of carbonyl (C=O) groups excluding carboxylic acids is 1. The minimum absolute atomic E-state index is 0.198. The van der Waals surface area contributed by atoms with Crippen LogP contribution in [0.25, 0.3) is 0 Å². The summed E-state index contributed by atoms with van der Waals surface area (Å²) in [5.74, 6) is 1.99. The molecule has 1 amide bonds. The predicted molar refractivity (Wildman–Crippen MR) is 72.0 cm³/mol. The first kappa shape index (κ1) is 12.5. The van der Waals surface area contributed by atoms with Gasteiger partial charge in [-0.15, -0.1) is 0 Å². The first-order chi connectivity index (χ1) is 8.75. The molecule has 0 aromatic rings. The Morgan fingerprint density at radius 2 is 1.67 bits per heavy atom. The van der Waals surface area contributed by atoms with Crippen LogP contribution in [0.5, 0.6) is 0 Å². The van der Waals surface area contributed by atoms with Gasteiger partial charge in [0.25, 0.3) is 0 Å². The van der Waals surface area contributed by atoms with Crippen LogP contribution < -0.4 is 5.73 Å². The lowest BCUT2D eigenvalue weighted by atomic mass is 9.73. The molecule has 3 rings (SSSR count). The van der Waals surface area contributed by atoms with Gasteiger partial charge in [-0.1, -0.05) is 25.7 Å². The number of nitrogens with two attached hydrogens (primary N) is 1.